The zero-order valence-corrected chi connectivity index (χ0v) is 26.9. The smallest absolute Gasteiger partial charge is 0.420 e. The number of fused-ring (bicyclic) bond motifs is 3. The van der Waals surface area contributed by atoms with Gasteiger partial charge in [0.25, 0.3) is 0 Å². The molecule has 242 valence electrons. The first kappa shape index (κ1) is 31.2. The molecule has 2 aromatic carbocycles. The molecule has 11 heteroatoms. The fourth-order valence-corrected chi connectivity index (χ4v) is 6.28. The van der Waals surface area contributed by atoms with E-state index in [1.54, 1.807) is 9.42 Å². The number of anilines is 4. The second kappa shape index (κ2) is 13.3. The third kappa shape index (κ3) is 6.88. The van der Waals surface area contributed by atoms with Crippen LogP contribution in [-0.4, -0.2) is 45.0 Å². The first-order valence-electron chi connectivity index (χ1n) is 16.1. The van der Waals surface area contributed by atoms with E-state index in [4.69, 9.17) is 19.2 Å². The SMILES string of the molecule is CCOc1ccc(N(C(=O)OC(C)(C)C)c2c3c(nc4c(NC(=O)OCc5ccccc5)cnn24)N[C@@H]2CCCCC2CC3)cc1. The number of hydrogen-bond acceptors (Lipinski definition) is 8. The molecule has 6 rings (SSSR count). The molecule has 0 saturated heterocycles. The molecule has 1 aliphatic heterocycles. The zero-order valence-electron chi connectivity index (χ0n) is 26.9. The van der Waals surface area contributed by atoms with Gasteiger partial charge in [-0.25, -0.2) is 19.5 Å². The summed E-state index contributed by atoms with van der Waals surface area (Å²) in [4.78, 5) is 33.7. The van der Waals surface area contributed by atoms with Crippen molar-refractivity contribution in [2.75, 3.05) is 22.1 Å². The molecule has 2 aromatic heterocycles. The molecule has 1 fully saturated rings. The number of amides is 2. The highest BCUT2D eigenvalue weighted by molar-refractivity contribution is 5.98. The molecule has 1 unspecified atom stereocenters. The third-order valence-corrected chi connectivity index (χ3v) is 8.36. The molecular formula is C35H42N6O5. The van der Waals surface area contributed by atoms with Crippen LogP contribution in [0.2, 0.25) is 0 Å². The first-order valence-corrected chi connectivity index (χ1v) is 16.1. The summed E-state index contributed by atoms with van der Waals surface area (Å²) in [6.07, 6.45) is 6.55. The van der Waals surface area contributed by atoms with Gasteiger partial charge in [-0.1, -0.05) is 43.2 Å². The van der Waals surface area contributed by atoms with Crippen molar-refractivity contribution in [1.82, 2.24) is 14.6 Å². The number of aromatic nitrogens is 3. The Bertz CT molecular complexity index is 1680. The van der Waals surface area contributed by atoms with E-state index in [0.29, 0.717) is 53.4 Å². The molecule has 2 amide bonds. The van der Waals surface area contributed by atoms with Crippen LogP contribution in [0, 0.1) is 5.92 Å². The van der Waals surface area contributed by atoms with Gasteiger partial charge in [0.05, 0.1) is 18.5 Å². The molecule has 3 heterocycles. The van der Waals surface area contributed by atoms with Crippen LogP contribution in [0.15, 0.2) is 60.8 Å². The number of nitrogens with one attached hydrogen (secondary N) is 2. The predicted molar refractivity (Wildman–Crippen MR) is 177 cm³/mol. The number of hydrogen-bond donors (Lipinski definition) is 2. The lowest BCUT2D eigenvalue weighted by molar-refractivity contribution is 0.0597. The number of nitrogens with zero attached hydrogens (tertiary/aromatic N) is 4. The van der Waals surface area contributed by atoms with Gasteiger partial charge in [0.1, 0.15) is 29.5 Å². The topological polar surface area (TPSA) is 119 Å². The minimum atomic E-state index is -0.754. The summed E-state index contributed by atoms with van der Waals surface area (Å²) in [5, 5.41) is 11.2. The second-order valence-corrected chi connectivity index (χ2v) is 12.8. The quantitative estimate of drug-likeness (QED) is 0.213. The molecule has 0 spiro atoms. The van der Waals surface area contributed by atoms with Gasteiger partial charge >= 0.3 is 12.2 Å². The van der Waals surface area contributed by atoms with Crippen LogP contribution in [0.4, 0.5) is 32.6 Å². The van der Waals surface area contributed by atoms with Gasteiger partial charge in [0, 0.05) is 11.6 Å². The van der Waals surface area contributed by atoms with Crippen LogP contribution in [-0.2, 0) is 22.5 Å². The molecule has 1 aliphatic carbocycles. The maximum Gasteiger partial charge on any atom is 0.420 e. The normalized spacial score (nSPS) is 17.6. The van der Waals surface area contributed by atoms with Crippen molar-refractivity contribution in [3.05, 3.63) is 71.9 Å². The number of carbonyl (C=O) groups is 2. The molecule has 46 heavy (non-hydrogen) atoms. The van der Waals surface area contributed by atoms with E-state index < -0.39 is 17.8 Å². The minimum Gasteiger partial charge on any atom is -0.494 e. The number of rotatable bonds is 7. The van der Waals surface area contributed by atoms with E-state index in [2.05, 4.69) is 15.7 Å². The summed E-state index contributed by atoms with van der Waals surface area (Å²) in [6.45, 7) is 8.09. The molecular weight excluding hydrogens is 584 g/mol. The Morgan fingerprint density at radius 1 is 1.04 bits per heavy atom. The van der Waals surface area contributed by atoms with Crippen LogP contribution in [0.3, 0.4) is 0 Å². The lowest BCUT2D eigenvalue weighted by Gasteiger charge is -2.31. The molecule has 11 nitrogen and oxygen atoms in total. The zero-order chi connectivity index (χ0) is 32.3. The van der Waals surface area contributed by atoms with Gasteiger partial charge in [-0.15, -0.1) is 0 Å². The monoisotopic (exact) mass is 626 g/mol. The predicted octanol–water partition coefficient (Wildman–Crippen LogP) is 7.87. The van der Waals surface area contributed by atoms with E-state index in [1.807, 2.05) is 82.3 Å². The summed E-state index contributed by atoms with van der Waals surface area (Å²) in [5.74, 6) is 2.38. The number of ether oxygens (including phenoxy) is 3. The summed E-state index contributed by atoms with van der Waals surface area (Å²) in [5.41, 5.74) is 2.31. The maximum atomic E-state index is 14.1. The number of benzene rings is 2. The van der Waals surface area contributed by atoms with Gasteiger partial charge < -0.3 is 19.5 Å². The Morgan fingerprint density at radius 3 is 2.54 bits per heavy atom. The second-order valence-electron chi connectivity index (χ2n) is 12.8. The van der Waals surface area contributed by atoms with Crippen molar-refractivity contribution < 1.29 is 23.8 Å². The Hall–Kier alpha value is -4.80. The summed E-state index contributed by atoms with van der Waals surface area (Å²) < 4.78 is 18.8. The van der Waals surface area contributed by atoms with Crippen molar-refractivity contribution in [3.63, 3.8) is 0 Å². The van der Waals surface area contributed by atoms with Crippen molar-refractivity contribution in [1.29, 1.82) is 0 Å². The summed E-state index contributed by atoms with van der Waals surface area (Å²) in [6, 6.07) is 17.1. The van der Waals surface area contributed by atoms with Gasteiger partial charge in [-0.05, 0) is 89.1 Å². The fraction of sp³-hybridized carbons (Fsp3) is 0.429. The first-order chi connectivity index (χ1) is 22.2. The number of carbonyl (C=O) groups excluding carboxylic acids is 2. The van der Waals surface area contributed by atoms with Crippen LogP contribution < -0.4 is 20.3 Å². The van der Waals surface area contributed by atoms with E-state index in [0.717, 1.165) is 36.8 Å². The average Bonchev–Trinajstić information content (AvgIpc) is 3.32. The lowest BCUT2D eigenvalue weighted by atomic mass is 9.82. The standard InChI is InChI=1S/C35H42N6O5/c1-5-44-26-18-16-25(17-19-26)40(34(43)46-35(2,3)4)32-27-20-15-24-13-9-10-14-28(24)37-30(27)39-31-29(21-36-41(31)32)38-33(42)45-22-23-11-7-6-8-12-23/h6-8,11-12,16-19,21,24,28H,5,9-10,13-15,20,22H2,1-4H3,(H,37,39)(H,38,42)/t24?,28-/m1/s1. The molecule has 2 aliphatic rings. The van der Waals surface area contributed by atoms with Crippen LogP contribution >= 0.6 is 0 Å². The van der Waals surface area contributed by atoms with Gasteiger partial charge in [-0.3, -0.25) is 5.32 Å². The summed E-state index contributed by atoms with van der Waals surface area (Å²) in [7, 11) is 0. The Balaban J connectivity index is 1.45. The Kier molecular flexibility index (Phi) is 9.01. The van der Waals surface area contributed by atoms with Crippen LogP contribution in [0.1, 0.15) is 70.9 Å². The minimum absolute atomic E-state index is 0.120. The highest BCUT2D eigenvalue weighted by Crippen LogP contribution is 2.41. The molecule has 4 aromatic rings. The maximum absolute atomic E-state index is 14.1. The highest BCUT2D eigenvalue weighted by atomic mass is 16.6. The van der Waals surface area contributed by atoms with Crippen molar-refractivity contribution in [2.24, 2.45) is 5.92 Å². The van der Waals surface area contributed by atoms with Gasteiger partial charge in [0.2, 0.25) is 0 Å². The molecule has 0 bridgehead atoms. The highest BCUT2D eigenvalue weighted by Gasteiger charge is 2.36. The van der Waals surface area contributed by atoms with E-state index in [1.165, 1.54) is 12.6 Å². The van der Waals surface area contributed by atoms with Crippen molar-refractivity contribution >= 4 is 40.8 Å². The molecule has 2 N–H and O–H groups in total. The fourth-order valence-electron chi connectivity index (χ4n) is 6.28. The lowest BCUT2D eigenvalue weighted by Crippen LogP contribution is -2.36. The van der Waals surface area contributed by atoms with E-state index in [-0.39, 0.29) is 12.6 Å². The average molecular weight is 627 g/mol. The molecule has 0 radical (unpaired) electrons. The van der Waals surface area contributed by atoms with Crippen LogP contribution in [0.25, 0.3) is 5.65 Å². The largest absolute Gasteiger partial charge is 0.494 e. The summed E-state index contributed by atoms with van der Waals surface area (Å²) >= 11 is 0. The Labute approximate surface area is 269 Å². The van der Waals surface area contributed by atoms with Crippen molar-refractivity contribution in [2.45, 2.75) is 84.5 Å². The molecule has 2 atom stereocenters. The third-order valence-electron chi connectivity index (χ3n) is 8.36. The van der Waals surface area contributed by atoms with E-state index >= 15 is 0 Å². The van der Waals surface area contributed by atoms with Crippen LogP contribution in [0.5, 0.6) is 5.75 Å². The molecule has 1 saturated carbocycles. The van der Waals surface area contributed by atoms with Gasteiger partial charge in [-0.2, -0.15) is 9.61 Å². The van der Waals surface area contributed by atoms with E-state index in [9.17, 15) is 9.59 Å². The Morgan fingerprint density at radius 2 is 1.80 bits per heavy atom. The van der Waals surface area contributed by atoms with Gasteiger partial charge in [0.15, 0.2) is 11.5 Å². The van der Waals surface area contributed by atoms with Crippen molar-refractivity contribution in [3.8, 4) is 5.75 Å².